The van der Waals surface area contributed by atoms with Crippen molar-refractivity contribution in [3.8, 4) is 10.4 Å². The number of aromatic amines is 1. The highest BCUT2D eigenvalue weighted by atomic mass is 35.5. The van der Waals surface area contributed by atoms with Gasteiger partial charge in [0.1, 0.15) is 5.65 Å². The third-order valence-electron chi connectivity index (χ3n) is 6.81. The molecule has 0 aromatic carbocycles. The number of pyridine rings is 1. The molecule has 2 aliphatic heterocycles. The molecule has 1 saturated heterocycles. The number of urea groups is 1. The molecule has 0 unspecified atom stereocenters. The summed E-state index contributed by atoms with van der Waals surface area (Å²) in [6, 6.07) is 7.23. The van der Waals surface area contributed by atoms with E-state index < -0.39 is 0 Å². The zero-order valence-corrected chi connectivity index (χ0v) is 22.0. The second-order valence-electron chi connectivity index (χ2n) is 9.26. The van der Waals surface area contributed by atoms with E-state index in [1.165, 1.54) is 26.5 Å². The van der Waals surface area contributed by atoms with E-state index in [9.17, 15) is 4.79 Å². The Morgan fingerprint density at radius 1 is 1.17 bits per heavy atom. The molecular weight excluding hydrogens is 503 g/mol. The first kappa shape index (κ1) is 26.0. The molecule has 2 fully saturated rings. The molecule has 188 valence electrons. The van der Waals surface area contributed by atoms with Gasteiger partial charge in [-0.15, -0.1) is 36.2 Å². The number of hydrogen-bond donors (Lipinski definition) is 3. The summed E-state index contributed by atoms with van der Waals surface area (Å²) in [7, 11) is 0. The second-order valence-corrected chi connectivity index (χ2v) is 10.4. The molecule has 3 aromatic heterocycles. The van der Waals surface area contributed by atoms with Crippen molar-refractivity contribution in [1.82, 2.24) is 30.4 Å². The average molecular weight is 536 g/mol. The minimum Gasteiger partial charge on any atom is -0.346 e. The maximum atomic E-state index is 12.3. The third kappa shape index (κ3) is 5.84. The van der Waals surface area contributed by atoms with Crippen LogP contribution in [0.1, 0.15) is 29.7 Å². The first-order valence-corrected chi connectivity index (χ1v) is 12.8. The first-order valence-electron chi connectivity index (χ1n) is 12.0. The Kier molecular flexibility index (Phi) is 8.39. The molecule has 7 nitrogen and oxygen atoms in total. The van der Waals surface area contributed by atoms with Crippen LogP contribution in [-0.2, 0) is 6.54 Å². The van der Waals surface area contributed by atoms with Crippen LogP contribution in [0.2, 0.25) is 0 Å². The summed E-state index contributed by atoms with van der Waals surface area (Å²) >= 11 is 1.87. The number of carbonyl (C=O) groups excluding carboxylic acids is 1. The van der Waals surface area contributed by atoms with E-state index in [-0.39, 0.29) is 30.8 Å². The lowest BCUT2D eigenvalue weighted by molar-refractivity contribution is 0.202. The van der Waals surface area contributed by atoms with Gasteiger partial charge in [0.2, 0.25) is 0 Å². The molecule has 10 heteroatoms. The standard InChI is InChI=1S/C25H30N6OS.2ClH/c32-25(29-19-1-2-19)31-9-5-17(6-10-31)22-15-28-24-21(22)13-18(14-27-24)23-4-3-20(33-23)16-30-11-7-26-8-12-30;;/h3-5,13-15,19,26H,1-2,6-12,16H2,(H,27,28)(H,29,32);2*1H. The summed E-state index contributed by atoms with van der Waals surface area (Å²) in [6.45, 7) is 6.82. The molecule has 3 N–H and O–H groups in total. The van der Waals surface area contributed by atoms with Crippen LogP contribution in [0, 0.1) is 0 Å². The minimum absolute atomic E-state index is 0. The van der Waals surface area contributed by atoms with Crippen molar-refractivity contribution < 1.29 is 4.79 Å². The smallest absolute Gasteiger partial charge is 0.317 e. The Morgan fingerprint density at radius 3 is 2.74 bits per heavy atom. The summed E-state index contributed by atoms with van der Waals surface area (Å²) in [5, 5.41) is 7.67. The topological polar surface area (TPSA) is 76.3 Å². The number of rotatable bonds is 5. The fraction of sp³-hybridized carbons (Fsp3) is 0.440. The first-order chi connectivity index (χ1) is 16.2. The molecule has 3 aliphatic rings. The lowest BCUT2D eigenvalue weighted by Gasteiger charge is -2.26. The van der Waals surface area contributed by atoms with Gasteiger partial charge in [0.05, 0.1) is 0 Å². The number of thiophene rings is 1. The van der Waals surface area contributed by atoms with Crippen LogP contribution in [0.3, 0.4) is 0 Å². The van der Waals surface area contributed by atoms with E-state index in [2.05, 4.69) is 51.0 Å². The number of H-pyrrole nitrogens is 1. The fourth-order valence-electron chi connectivity index (χ4n) is 4.70. The van der Waals surface area contributed by atoms with E-state index in [0.29, 0.717) is 12.6 Å². The van der Waals surface area contributed by atoms with Crippen LogP contribution in [0.15, 0.2) is 36.7 Å². The molecule has 0 bridgehead atoms. The van der Waals surface area contributed by atoms with Crippen molar-refractivity contribution in [2.45, 2.75) is 31.8 Å². The third-order valence-corrected chi connectivity index (χ3v) is 7.93. The molecule has 6 rings (SSSR count). The van der Waals surface area contributed by atoms with E-state index in [0.717, 1.165) is 69.6 Å². The van der Waals surface area contributed by atoms with Gasteiger partial charge >= 0.3 is 6.03 Å². The molecule has 0 atom stereocenters. The number of hydrogen-bond acceptors (Lipinski definition) is 5. The zero-order chi connectivity index (χ0) is 22.2. The summed E-state index contributed by atoms with van der Waals surface area (Å²) in [4.78, 5) is 27.5. The van der Waals surface area contributed by atoms with Crippen LogP contribution >= 0.6 is 36.2 Å². The number of carbonyl (C=O) groups is 1. The summed E-state index contributed by atoms with van der Waals surface area (Å²) in [6.07, 6.45) is 9.34. The fourth-order valence-corrected chi connectivity index (χ4v) is 5.73. The predicted octanol–water partition coefficient (Wildman–Crippen LogP) is 4.50. The van der Waals surface area contributed by atoms with Gasteiger partial charge in [-0.05, 0) is 43.0 Å². The monoisotopic (exact) mass is 534 g/mol. The molecule has 1 saturated carbocycles. The summed E-state index contributed by atoms with van der Waals surface area (Å²) in [5.41, 5.74) is 4.59. The lowest BCUT2D eigenvalue weighted by Crippen LogP contribution is -2.42. The van der Waals surface area contributed by atoms with E-state index in [4.69, 9.17) is 4.98 Å². The number of amides is 2. The Hall–Kier alpha value is -2.10. The molecular formula is C25H32Cl2N6OS. The molecule has 3 aromatic rings. The van der Waals surface area contributed by atoms with Gasteiger partial charge in [0, 0.05) is 90.5 Å². The van der Waals surface area contributed by atoms with Crippen molar-refractivity contribution >= 4 is 58.8 Å². The normalized spacial score (nSPS) is 18.5. The molecule has 5 heterocycles. The average Bonchev–Trinajstić information content (AvgIpc) is 3.37. The number of nitrogens with one attached hydrogen (secondary N) is 3. The summed E-state index contributed by atoms with van der Waals surface area (Å²) < 4.78 is 0. The van der Waals surface area contributed by atoms with Gasteiger partial charge in [-0.2, -0.15) is 0 Å². The number of aromatic nitrogens is 2. The van der Waals surface area contributed by atoms with Gasteiger partial charge in [0.25, 0.3) is 0 Å². The van der Waals surface area contributed by atoms with Crippen molar-refractivity contribution in [1.29, 1.82) is 0 Å². The maximum absolute atomic E-state index is 12.3. The Balaban J connectivity index is 0.00000144. The number of fused-ring (bicyclic) bond motifs is 1. The van der Waals surface area contributed by atoms with Crippen molar-refractivity contribution in [2.75, 3.05) is 39.3 Å². The predicted molar refractivity (Wildman–Crippen MR) is 148 cm³/mol. The van der Waals surface area contributed by atoms with Crippen LogP contribution in [0.25, 0.3) is 27.0 Å². The Labute approximate surface area is 222 Å². The maximum Gasteiger partial charge on any atom is 0.317 e. The van der Waals surface area contributed by atoms with Gasteiger partial charge in [0.15, 0.2) is 0 Å². The van der Waals surface area contributed by atoms with Gasteiger partial charge < -0.3 is 20.5 Å². The molecule has 1 aliphatic carbocycles. The molecule has 0 spiro atoms. The highest BCUT2D eigenvalue weighted by Crippen LogP contribution is 2.34. The van der Waals surface area contributed by atoms with E-state index in [1.807, 2.05) is 22.4 Å². The number of halogens is 2. The van der Waals surface area contributed by atoms with Crippen molar-refractivity contribution in [3.63, 3.8) is 0 Å². The van der Waals surface area contributed by atoms with Gasteiger partial charge in [-0.1, -0.05) is 6.08 Å². The largest absolute Gasteiger partial charge is 0.346 e. The number of piperazine rings is 1. The SMILES string of the molecule is Cl.Cl.O=C(NC1CC1)N1CC=C(c2c[nH]c3ncc(-c4ccc(CN5CCNCC5)s4)cc23)CC1. The van der Waals surface area contributed by atoms with E-state index in [1.54, 1.807) is 0 Å². The molecule has 2 amide bonds. The molecule has 0 radical (unpaired) electrons. The molecule has 35 heavy (non-hydrogen) atoms. The van der Waals surface area contributed by atoms with Crippen LogP contribution in [0.5, 0.6) is 0 Å². The van der Waals surface area contributed by atoms with E-state index >= 15 is 0 Å². The quantitative estimate of drug-likeness (QED) is 0.450. The second kappa shape index (κ2) is 11.3. The summed E-state index contributed by atoms with van der Waals surface area (Å²) in [5.74, 6) is 0. The lowest BCUT2D eigenvalue weighted by atomic mass is 9.99. The van der Waals surface area contributed by atoms with Crippen LogP contribution < -0.4 is 10.6 Å². The van der Waals surface area contributed by atoms with Gasteiger partial charge in [-0.25, -0.2) is 9.78 Å². The van der Waals surface area contributed by atoms with Gasteiger partial charge in [-0.3, -0.25) is 4.90 Å². The minimum atomic E-state index is 0. The number of nitrogens with zero attached hydrogens (tertiary/aromatic N) is 3. The highest BCUT2D eigenvalue weighted by molar-refractivity contribution is 7.15. The Bertz CT molecular complexity index is 1200. The van der Waals surface area contributed by atoms with Crippen LogP contribution in [-0.4, -0.2) is 71.1 Å². The Morgan fingerprint density at radius 2 is 2.00 bits per heavy atom. The van der Waals surface area contributed by atoms with Crippen molar-refractivity contribution in [3.05, 3.63) is 47.1 Å². The van der Waals surface area contributed by atoms with Crippen LogP contribution in [0.4, 0.5) is 4.79 Å². The zero-order valence-electron chi connectivity index (χ0n) is 19.6. The van der Waals surface area contributed by atoms with Crippen molar-refractivity contribution in [2.24, 2.45) is 0 Å². The highest BCUT2D eigenvalue weighted by Gasteiger charge is 2.27.